The van der Waals surface area contributed by atoms with E-state index >= 15 is 0 Å². The number of aromatic nitrogens is 3. The second kappa shape index (κ2) is 8.73. The maximum absolute atomic E-state index is 13.2. The zero-order chi connectivity index (χ0) is 22.0. The van der Waals surface area contributed by atoms with E-state index in [1.807, 2.05) is 18.2 Å². The van der Waals surface area contributed by atoms with Gasteiger partial charge in [-0.05, 0) is 36.0 Å². The van der Waals surface area contributed by atoms with Gasteiger partial charge in [0.1, 0.15) is 12.4 Å². The van der Waals surface area contributed by atoms with Crippen molar-refractivity contribution in [2.45, 2.75) is 65.3 Å². The number of unbranched alkanes of at least 4 members (excludes halogenated alkanes) is 3. The molecule has 2 heterocycles. The molecular formula is C24H32N4O3. The first-order chi connectivity index (χ1) is 14.9. The topological polar surface area (TPSA) is 78.3 Å². The van der Waals surface area contributed by atoms with E-state index in [4.69, 9.17) is 9.47 Å². The molecule has 0 unspecified atom stereocenters. The van der Waals surface area contributed by atoms with Crippen molar-refractivity contribution in [3.8, 4) is 11.5 Å². The summed E-state index contributed by atoms with van der Waals surface area (Å²) in [5, 5.41) is 7.76. The Hall–Kier alpha value is -2.83. The number of ether oxygens (including phenoxy) is 2. The molecule has 7 heteroatoms. The van der Waals surface area contributed by atoms with E-state index in [1.54, 1.807) is 11.8 Å². The molecule has 1 N–H and O–H groups in total. The maximum atomic E-state index is 13.2. The highest BCUT2D eigenvalue weighted by atomic mass is 16.5. The van der Waals surface area contributed by atoms with Crippen molar-refractivity contribution in [3.05, 3.63) is 41.4 Å². The van der Waals surface area contributed by atoms with E-state index in [2.05, 4.69) is 36.2 Å². The molecule has 1 aromatic carbocycles. The third-order valence-electron chi connectivity index (χ3n) is 6.03. The average Bonchev–Trinajstić information content (AvgIpc) is 3.19. The van der Waals surface area contributed by atoms with Crippen LogP contribution in [0.2, 0.25) is 0 Å². The van der Waals surface area contributed by atoms with Crippen LogP contribution in [0, 0.1) is 5.41 Å². The Bertz CT molecular complexity index is 992. The molecule has 2 aromatic rings. The number of fused-ring (bicyclic) bond motifs is 1. The Balaban J connectivity index is 1.66. The summed E-state index contributed by atoms with van der Waals surface area (Å²) in [5.41, 5.74) is 2.57. The molecule has 1 aliphatic carbocycles. The highest BCUT2D eigenvalue weighted by molar-refractivity contribution is 6.00. The van der Waals surface area contributed by atoms with Crippen molar-refractivity contribution in [1.29, 1.82) is 0 Å². The number of ketones is 1. The molecule has 0 fully saturated rings. The monoisotopic (exact) mass is 424 g/mol. The summed E-state index contributed by atoms with van der Waals surface area (Å²) >= 11 is 0. The van der Waals surface area contributed by atoms with Crippen molar-refractivity contribution in [2.24, 2.45) is 5.41 Å². The Labute approximate surface area is 183 Å². The van der Waals surface area contributed by atoms with Gasteiger partial charge in [-0.25, -0.2) is 4.68 Å². The quantitative estimate of drug-likeness (QED) is 0.607. The fraction of sp³-hybridized carbons (Fsp3) is 0.542. The summed E-state index contributed by atoms with van der Waals surface area (Å²) in [6, 6.07) is 5.57. The minimum absolute atomic E-state index is 0.0805. The van der Waals surface area contributed by atoms with Gasteiger partial charge in [-0.2, -0.15) is 10.1 Å². The van der Waals surface area contributed by atoms with Crippen LogP contribution in [0.1, 0.15) is 70.9 Å². The largest absolute Gasteiger partial charge is 0.493 e. The van der Waals surface area contributed by atoms with Gasteiger partial charge < -0.3 is 14.8 Å². The molecule has 0 saturated heterocycles. The summed E-state index contributed by atoms with van der Waals surface area (Å²) in [5.74, 6) is 2.20. The van der Waals surface area contributed by atoms with Gasteiger partial charge in [-0.3, -0.25) is 4.79 Å². The number of hydrogen-bond donors (Lipinski definition) is 1. The molecule has 1 atom stereocenters. The van der Waals surface area contributed by atoms with Crippen LogP contribution in [0.25, 0.3) is 0 Å². The smallest absolute Gasteiger partial charge is 0.226 e. The summed E-state index contributed by atoms with van der Waals surface area (Å²) in [6.45, 7) is 7.11. The lowest BCUT2D eigenvalue weighted by molar-refractivity contribution is -0.118. The highest BCUT2D eigenvalue weighted by Crippen LogP contribution is 2.46. The van der Waals surface area contributed by atoms with Gasteiger partial charge >= 0.3 is 0 Å². The van der Waals surface area contributed by atoms with Gasteiger partial charge in [0, 0.05) is 17.7 Å². The van der Waals surface area contributed by atoms with Crippen LogP contribution < -0.4 is 14.8 Å². The zero-order valence-corrected chi connectivity index (χ0v) is 18.9. The second-order valence-electron chi connectivity index (χ2n) is 9.21. The Morgan fingerprint density at radius 1 is 1.19 bits per heavy atom. The summed E-state index contributed by atoms with van der Waals surface area (Å²) in [4.78, 5) is 17.6. The third-order valence-corrected chi connectivity index (χ3v) is 6.03. The number of anilines is 1. The van der Waals surface area contributed by atoms with Crippen LogP contribution in [0.15, 0.2) is 35.8 Å². The molecule has 0 spiro atoms. The number of nitrogens with zero attached hydrogens (tertiary/aromatic N) is 3. The molecule has 0 bridgehead atoms. The van der Waals surface area contributed by atoms with Gasteiger partial charge in [0.2, 0.25) is 5.95 Å². The number of methoxy groups -OCH3 is 1. The van der Waals surface area contributed by atoms with Crippen LogP contribution >= 0.6 is 0 Å². The molecule has 0 saturated carbocycles. The van der Waals surface area contributed by atoms with Crippen LogP contribution in [0.3, 0.4) is 0 Å². The second-order valence-corrected chi connectivity index (χ2v) is 9.21. The number of allylic oxidation sites excluding steroid dienone is 2. The van der Waals surface area contributed by atoms with Crippen molar-refractivity contribution in [1.82, 2.24) is 14.8 Å². The van der Waals surface area contributed by atoms with Crippen LogP contribution in [-0.4, -0.2) is 34.3 Å². The number of hydrogen-bond acceptors (Lipinski definition) is 6. The number of Topliss-reactive ketones (excluding diaryl/α,β-unsaturated/α-hetero) is 1. The number of carbonyl (C=O) groups excluding carboxylic acids is 1. The standard InChI is InChI=1S/C24H32N4O3/c1-5-6-7-8-11-31-19-10-9-16(12-20(19)30-4)22-21-17(13-24(2,3)14-18(21)29)27-23-25-15-26-28(22)23/h9-10,12,15,22H,5-8,11,13-14H2,1-4H3,(H,25,26,27)/t22-/m1/s1. The Morgan fingerprint density at radius 2 is 2.03 bits per heavy atom. The average molecular weight is 425 g/mol. The third kappa shape index (κ3) is 4.31. The molecular weight excluding hydrogens is 392 g/mol. The molecule has 31 heavy (non-hydrogen) atoms. The van der Waals surface area contributed by atoms with Crippen molar-refractivity contribution in [3.63, 3.8) is 0 Å². The molecule has 2 aliphatic rings. The summed E-state index contributed by atoms with van der Waals surface area (Å²) in [7, 11) is 1.64. The maximum Gasteiger partial charge on any atom is 0.226 e. The number of benzene rings is 1. The predicted octanol–water partition coefficient (Wildman–Crippen LogP) is 4.90. The lowest BCUT2D eigenvalue weighted by atomic mass is 9.73. The van der Waals surface area contributed by atoms with Crippen LogP contribution in [-0.2, 0) is 4.79 Å². The van der Waals surface area contributed by atoms with Crippen molar-refractivity contribution >= 4 is 11.7 Å². The summed E-state index contributed by atoms with van der Waals surface area (Å²) < 4.78 is 13.4. The first kappa shape index (κ1) is 21.4. The van der Waals surface area contributed by atoms with E-state index in [9.17, 15) is 4.79 Å². The number of rotatable bonds is 8. The van der Waals surface area contributed by atoms with Gasteiger partial charge in [-0.15, -0.1) is 0 Å². The SMILES string of the molecule is CCCCCCOc1ccc([C@@H]2C3=C(CC(C)(C)CC3=O)Nc3ncnn32)cc1OC. The molecule has 166 valence electrons. The van der Waals surface area contributed by atoms with Crippen molar-refractivity contribution in [2.75, 3.05) is 19.0 Å². The lowest BCUT2D eigenvalue weighted by Crippen LogP contribution is -2.36. The van der Waals surface area contributed by atoms with E-state index in [0.29, 0.717) is 24.7 Å². The number of carbonyl (C=O) groups is 1. The molecule has 4 rings (SSSR count). The first-order valence-corrected chi connectivity index (χ1v) is 11.2. The van der Waals surface area contributed by atoms with Gasteiger partial charge in [0.25, 0.3) is 0 Å². The fourth-order valence-corrected chi connectivity index (χ4v) is 4.54. The normalized spacial score (nSPS) is 19.5. The Kier molecular flexibility index (Phi) is 6.03. The highest BCUT2D eigenvalue weighted by Gasteiger charge is 2.41. The van der Waals surface area contributed by atoms with E-state index in [1.165, 1.54) is 19.2 Å². The lowest BCUT2D eigenvalue weighted by Gasteiger charge is -2.38. The number of nitrogens with one attached hydrogen (secondary N) is 1. The summed E-state index contributed by atoms with van der Waals surface area (Å²) in [6.07, 6.45) is 7.45. The first-order valence-electron chi connectivity index (χ1n) is 11.2. The predicted molar refractivity (Wildman–Crippen MR) is 119 cm³/mol. The molecule has 7 nitrogen and oxygen atoms in total. The molecule has 1 aliphatic heterocycles. The van der Waals surface area contributed by atoms with Gasteiger partial charge in [-0.1, -0.05) is 46.1 Å². The molecule has 0 amide bonds. The van der Waals surface area contributed by atoms with Gasteiger partial charge in [0.05, 0.1) is 13.7 Å². The van der Waals surface area contributed by atoms with E-state index in [-0.39, 0.29) is 17.2 Å². The van der Waals surface area contributed by atoms with E-state index < -0.39 is 0 Å². The van der Waals surface area contributed by atoms with Crippen molar-refractivity contribution < 1.29 is 14.3 Å². The zero-order valence-electron chi connectivity index (χ0n) is 18.9. The van der Waals surface area contributed by atoms with Gasteiger partial charge in [0.15, 0.2) is 17.3 Å². The minimum Gasteiger partial charge on any atom is -0.493 e. The van der Waals surface area contributed by atoms with Crippen LogP contribution in [0.5, 0.6) is 11.5 Å². The Morgan fingerprint density at radius 3 is 2.81 bits per heavy atom. The fourth-order valence-electron chi connectivity index (χ4n) is 4.54. The van der Waals surface area contributed by atoms with Crippen LogP contribution in [0.4, 0.5) is 5.95 Å². The minimum atomic E-state index is -0.329. The molecule has 0 radical (unpaired) electrons. The van der Waals surface area contributed by atoms with E-state index in [0.717, 1.165) is 41.8 Å². The molecule has 1 aromatic heterocycles.